The van der Waals surface area contributed by atoms with Crippen molar-refractivity contribution < 1.29 is 4.74 Å². The van der Waals surface area contributed by atoms with Crippen LogP contribution < -0.4 is 5.32 Å². The van der Waals surface area contributed by atoms with Gasteiger partial charge in [-0.05, 0) is 17.9 Å². The number of hydrogen-bond donors (Lipinski definition) is 1. The van der Waals surface area contributed by atoms with Gasteiger partial charge in [0.2, 0.25) is 0 Å². The summed E-state index contributed by atoms with van der Waals surface area (Å²) >= 11 is 1.69. The maximum atomic E-state index is 5.88. The molecule has 1 aliphatic carbocycles. The molecule has 1 aliphatic heterocycles. The summed E-state index contributed by atoms with van der Waals surface area (Å²) in [5.41, 5.74) is 0.167. The van der Waals surface area contributed by atoms with Crippen molar-refractivity contribution in [3.05, 3.63) is 17.3 Å². The van der Waals surface area contributed by atoms with E-state index in [1.165, 1.54) is 0 Å². The summed E-state index contributed by atoms with van der Waals surface area (Å²) in [4.78, 5) is 10.4. The molecule has 1 saturated heterocycles. The zero-order valence-electron chi connectivity index (χ0n) is 12.7. The molecule has 0 radical (unpaired) electrons. The number of rotatable bonds is 3. The van der Waals surface area contributed by atoms with Gasteiger partial charge in [-0.3, -0.25) is 0 Å². The van der Waals surface area contributed by atoms with Gasteiger partial charge in [-0.15, -0.1) is 11.3 Å². The first-order chi connectivity index (χ1) is 10.1. The van der Waals surface area contributed by atoms with Crippen LogP contribution in [0.5, 0.6) is 0 Å². The number of aryl methyl sites for hydroxylation is 1. The molecule has 3 unspecified atom stereocenters. The van der Waals surface area contributed by atoms with Crippen molar-refractivity contribution in [3.8, 4) is 0 Å². The lowest BCUT2D eigenvalue weighted by Crippen LogP contribution is -2.63. The van der Waals surface area contributed by atoms with E-state index >= 15 is 0 Å². The summed E-state index contributed by atoms with van der Waals surface area (Å²) in [7, 11) is 0. The third-order valence-electron chi connectivity index (χ3n) is 5.08. The molecule has 2 aromatic heterocycles. The molecule has 3 heterocycles. The highest BCUT2D eigenvalue weighted by atomic mass is 32.1. The monoisotopic (exact) mass is 303 g/mol. The van der Waals surface area contributed by atoms with Crippen molar-refractivity contribution in [2.75, 3.05) is 11.9 Å². The molecule has 0 spiro atoms. The predicted octanol–water partition coefficient (Wildman–Crippen LogP) is 3.48. The van der Waals surface area contributed by atoms with Gasteiger partial charge < -0.3 is 10.1 Å². The van der Waals surface area contributed by atoms with Crippen LogP contribution in [-0.2, 0) is 11.2 Å². The second-order valence-electron chi connectivity index (χ2n) is 6.67. The standard InChI is InChI=1S/C16H21N3OS/c1-4-11-17-14(10-6-8-21-15(10)18-11)19-12-9-5-7-20-13(9)16(12,2)3/h6,8-9,12-13H,4-5,7H2,1-3H3,(H,17,18,19). The number of anilines is 1. The van der Waals surface area contributed by atoms with Gasteiger partial charge in [0.15, 0.2) is 0 Å². The zero-order valence-corrected chi connectivity index (χ0v) is 13.5. The van der Waals surface area contributed by atoms with Crippen LogP contribution in [0.25, 0.3) is 10.2 Å². The van der Waals surface area contributed by atoms with E-state index in [0.29, 0.717) is 18.1 Å². The Morgan fingerprint density at radius 2 is 2.29 bits per heavy atom. The first-order valence-electron chi connectivity index (χ1n) is 7.73. The minimum atomic E-state index is 0.167. The highest BCUT2D eigenvalue weighted by molar-refractivity contribution is 7.16. The largest absolute Gasteiger partial charge is 0.377 e. The van der Waals surface area contributed by atoms with Gasteiger partial charge in [-0.1, -0.05) is 20.8 Å². The van der Waals surface area contributed by atoms with Crippen LogP contribution in [0.2, 0.25) is 0 Å². The smallest absolute Gasteiger partial charge is 0.138 e. The van der Waals surface area contributed by atoms with Crippen LogP contribution in [-0.4, -0.2) is 28.7 Å². The predicted molar refractivity (Wildman–Crippen MR) is 85.8 cm³/mol. The molecule has 1 saturated carbocycles. The molecule has 5 heteroatoms. The first-order valence-corrected chi connectivity index (χ1v) is 8.61. The third-order valence-corrected chi connectivity index (χ3v) is 5.89. The lowest BCUT2D eigenvalue weighted by molar-refractivity contribution is -0.0923. The molecule has 4 nitrogen and oxygen atoms in total. The Morgan fingerprint density at radius 3 is 3.10 bits per heavy atom. The van der Waals surface area contributed by atoms with E-state index in [-0.39, 0.29) is 5.41 Å². The summed E-state index contributed by atoms with van der Waals surface area (Å²) in [6, 6.07) is 2.56. The van der Waals surface area contributed by atoms with Crippen LogP contribution in [0, 0.1) is 11.3 Å². The highest BCUT2D eigenvalue weighted by Crippen LogP contribution is 2.53. The number of nitrogens with zero attached hydrogens (tertiary/aromatic N) is 2. The van der Waals surface area contributed by atoms with Crippen LogP contribution in [0.3, 0.4) is 0 Å². The molecule has 0 bridgehead atoms. The Morgan fingerprint density at radius 1 is 1.43 bits per heavy atom. The molecule has 0 aromatic carbocycles. The van der Waals surface area contributed by atoms with Gasteiger partial charge in [0.1, 0.15) is 16.5 Å². The van der Waals surface area contributed by atoms with Crippen molar-refractivity contribution in [3.63, 3.8) is 0 Å². The van der Waals surface area contributed by atoms with E-state index in [1.807, 2.05) is 0 Å². The van der Waals surface area contributed by atoms with Gasteiger partial charge in [-0.25, -0.2) is 9.97 Å². The van der Waals surface area contributed by atoms with Crippen molar-refractivity contribution in [2.24, 2.45) is 11.3 Å². The molecule has 112 valence electrons. The van der Waals surface area contributed by atoms with Gasteiger partial charge in [0.05, 0.1) is 11.5 Å². The highest BCUT2D eigenvalue weighted by Gasteiger charge is 2.59. The summed E-state index contributed by atoms with van der Waals surface area (Å²) in [5.74, 6) is 2.54. The number of fused-ring (bicyclic) bond motifs is 2. The summed E-state index contributed by atoms with van der Waals surface area (Å²) in [6.45, 7) is 7.59. The molecule has 21 heavy (non-hydrogen) atoms. The van der Waals surface area contributed by atoms with E-state index < -0.39 is 0 Å². The Bertz CT molecular complexity index is 681. The van der Waals surface area contributed by atoms with Crippen molar-refractivity contribution in [1.29, 1.82) is 0 Å². The van der Waals surface area contributed by atoms with E-state index in [4.69, 9.17) is 9.72 Å². The zero-order chi connectivity index (χ0) is 14.6. The maximum absolute atomic E-state index is 5.88. The van der Waals surface area contributed by atoms with Gasteiger partial charge in [0.25, 0.3) is 0 Å². The third kappa shape index (κ3) is 1.90. The fraction of sp³-hybridized carbons (Fsp3) is 0.625. The lowest BCUT2D eigenvalue weighted by Gasteiger charge is -2.54. The quantitative estimate of drug-likeness (QED) is 0.943. The number of nitrogens with one attached hydrogen (secondary N) is 1. The second-order valence-corrected chi connectivity index (χ2v) is 7.56. The molecule has 1 N–H and O–H groups in total. The Balaban J connectivity index is 1.69. The first kappa shape index (κ1) is 13.5. The fourth-order valence-electron chi connectivity index (χ4n) is 3.93. The topological polar surface area (TPSA) is 47.0 Å². The van der Waals surface area contributed by atoms with Gasteiger partial charge in [0, 0.05) is 30.4 Å². The van der Waals surface area contributed by atoms with Crippen molar-refractivity contribution >= 4 is 27.4 Å². The molecule has 0 amide bonds. The maximum Gasteiger partial charge on any atom is 0.138 e. The SMILES string of the molecule is CCc1nc(NC2C3CCOC3C2(C)C)c2ccsc2n1. The second kappa shape index (κ2) is 4.65. The number of thiophene rings is 1. The molecule has 2 fully saturated rings. The Labute approximate surface area is 128 Å². The van der Waals surface area contributed by atoms with Crippen molar-refractivity contribution in [2.45, 2.75) is 45.8 Å². The molecule has 2 aliphatic rings. The number of aromatic nitrogens is 2. The molecule has 3 atom stereocenters. The Hall–Kier alpha value is -1.20. The van der Waals surface area contributed by atoms with Crippen LogP contribution in [0.4, 0.5) is 5.82 Å². The van der Waals surface area contributed by atoms with Crippen molar-refractivity contribution in [1.82, 2.24) is 9.97 Å². The average Bonchev–Trinajstić information content (AvgIpc) is 3.11. The van der Waals surface area contributed by atoms with Gasteiger partial charge >= 0.3 is 0 Å². The molecular formula is C16H21N3OS. The average molecular weight is 303 g/mol. The van der Waals surface area contributed by atoms with Crippen LogP contribution in [0.15, 0.2) is 11.4 Å². The fourth-order valence-corrected chi connectivity index (χ4v) is 4.72. The molecule has 2 aromatic rings. The van der Waals surface area contributed by atoms with Crippen LogP contribution in [0.1, 0.15) is 33.0 Å². The number of hydrogen-bond acceptors (Lipinski definition) is 5. The molecule has 4 rings (SSSR count). The summed E-state index contributed by atoms with van der Waals surface area (Å²) < 4.78 is 5.88. The Kier molecular flexibility index (Phi) is 2.98. The summed E-state index contributed by atoms with van der Waals surface area (Å²) in [6.07, 6.45) is 2.43. The summed E-state index contributed by atoms with van der Waals surface area (Å²) in [5, 5.41) is 6.96. The van der Waals surface area contributed by atoms with E-state index in [9.17, 15) is 0 Å². The van der Waals surface area contributed by atoms with Gasteiger partial charge in [-0.2, -0.15) is 0 Å². The van der Waals surface area contributed by atoms with E-state index in [1.54, 1.807) is 11.3 Å². The lowest BCUT2D eigenvalue weighted by atomic mass is 9.57. The minimum absolute atomic E-state index is 0.167. The van der Waals surface area contributed by atoms with Crippen LogP contribution >= 0.6 is 11.3 Å². The number of ether oxygens (including phenoxy) is 1. The van der Waals surface area contributed by atoms with E-state index in [0.717, 1.165) is 41.3 Å². The van der Waals surface area contributed by atoms with E-state index in [2.05, 4.69) is 42.5 Å². The molecular weight excluding hydrogens is 282 g/mol. The minimum Gasteiger partial charge on any atom is -0.377 e. The normalized spacial score (nSPS) is 30.1.